The van der Waals surface area contributed by atoms with Crippen molar-refractivity contribution in [3.63, 3.8) is 0 Å². The maximum absolute atomic E-state index is 12.1. The van der Waals surface area contributed by atoms with Gasteiger partial charge >= 0.3 is 0 Å². The zero-order valence-electron chi connectivity index (χ0n) is 12.8. The van der Waals surface area contributed by atoms with E-state index < -0.39 is 0 Å². The molecule has 0 bridgehead atoms. The Morgan fingerprint density at radius 1 is 1.35 bits per heavy atom. The molecule has 0 radical (unpaired) electrons. The molecule has 0 aliphatic heterocycles. The molecule has 2 unspecified atom stereocenters. The van der Waals surface area contributed by atoms with Crippen LogP contribution in [-0.4, -0.2) is 26.7 Å². The van der Waals surface area contributed by atoms with Crippen molar-refractivity contribution in [3.05, 3.63) is 12.7 Å². The van der Waals surface area contributed by atoms with Crippen LogP contribution in [0.4, 0.5) is 0 Å². The van der Waals surface area contributed by atoms with Gasteiger partial charge in [-0.2, -0.15) is 5.10 Å². The lowest BCUT2D eigenvalue weighted by molar-refractivity contribution is -0.123. The molecule has 1 aliphatic carbocycles. The fraction of sp³-hybridized carbons (Fsp3) is 0.800. The Labute approximate surface area is 121 Å². The fourth-order valence-electron chi connectivity index (χ4n) is 3.18. The minimum Gasteiger partial charge on any atom is -0.353 e. The third kappa shape index (κ3) is 4.05. The Hall–Kier alpha value is -1.39. The van der Waals surface area contributed by atoms with E-state index in [2.05, 4.69) is 36.2 Å². The number of hydrogen-bond donors (Lipinski definition) is 1. The number of rotatable bonds is 4. The minimum atomic E-state index is 0.127. The summed E-state index contributed by atoms with van der Waals surface area (Å²) in [5, 5.41) is 7.25. The lowest BCUT2D eigenvalue weighted by atomic mass is 9.69. The Morgan fingerprint density at radius 2 is 2.10 bits per heavy atom. The number of amides is 1. The van der Waals surface area contributed by atoms with Crippen molar-refractivity contribution in [2.45, 2.75) is 65.5 Å². The second kappa shape index (κ2) is 6.37. The molecule has 1 heterocycles. The van der Waals surface area contributed by atoms with Crippen molar-refractivity contribution in [2.24, 2.45) is 11.3 Å². The lowest BCUT2D eigenvalue weighted by Crippen LogP contribution is -2.46. The van der Waals surface area contributed by atoms with Gasteiger partial charge < -0.3 is 5.32 Å². The van der Waals surface area contributed by atoms with Crippen molar-refractivity contribution in [1.82, 2.24) is 20.1 Å². The highest BCUT2D eigenvalue weighted by Crippen LogP contribution is 2.37. The third-order valence-electron chi connectivity index (χ3n) is 4.26. The Morgan fingerprint density at radius 3 is 2.75 bits per heavy atom. The summed E-state index contributed by atoms with van der Waals surface area (Å²) in [6.45, 7) is 7.42. The summed E-state index contributed by atoms with van der Waals surface area (Å²) in [7, 11) is 0. The van der Waals surface area contributed by atoms with E-state index in [9.17, 15) is 4.79 Å². The number of nitrogens with zero attached hydrogens (tertiary/aromatic N) is 3. The van der Waals surface area contributed by atoms with Crippen LogP contribution < -0.4 is 5.32 Å². The molecule has 1 saturated carbocycles. The van der Waals surface area contributed by atoms with Crippen LogP contribution in [0.15, 0.2) is 12.7 Å². The molecule has 1 aromatic heterocycles. The molecule has 0 spiro atoms. The third-order valence-corrected chi connectivity index (χ3v) is 4.26. The van der Waals surface area contributed by atoms with Gasteiger partial charge in [0.05, 0.1) is 6.54 Å². The molecule has 112 valence electrons. The van der Waals surface area contributed by atoms with Gasteiger partial charge in [0.15, 0.2) is 0 Å². The maximum Gasteiger partial charge on any atom is 0.222 e. The van der Waals surface area contributed by atoms with Gasteiger partial charge in [-0.1, -0.05) is 33.6 Å². The van der Waals surface area contributed by atoms with Crippen molar-refractivity contribution in [1.29, 1.82) is 0 Å². The first-order chi connectivity index (χ1) is 9.47. The molecule has 1 aliphatic rings. The number of aromatic nitrogens is 3. The zero-order chi connectivity index (χ0) is 14.6. The molecule has 5 heteroatoms. The second-order valence-electron chi connectivity index (χ2n) is 6.84. The highest BCUT2D eigenvalue weighted by atomic mass is 16.1. The number of nitrogens with one attached hydrogen (secondary N) is 1. The number of hydrogen-bond acceptors (Lipinski definition) is 3. The summed E-state index contributed by atoms with van der Waals surface area (Å²) in [5.74, 6) is 0.702. The molecule has 0 aromatic carbocycles. The van der Waals surface area contributed by atoms with Crippen molar-refractivity contribution >= 4 is 5.91 Å². The molecule has 1 fully saturated rings. The molecule has 5 nitrogen and oxygen atoms in total. The number of carbonyl (C=O) groups excluding carboxylic acids is 1. The average molecular weight is 278 g/mol. The van der Waals surface area contributed by atoms with Crippen LogP contribution in [0.1, 0.15) is 52.9 Å². The summed E-state index contributed by atoms with van der Waals surface area (Å²) in [6, 6.07) is 0.326. The quantitative estimate of drug-likeness (QED) is 0.920. The second-order valence-corrected chi connectivity index (χ2v) is 6.84. The van der Waals surface area contributed by atoms with Crippen LogP contribution in [0.2, 0.25) is 0 Å². The van der Waals surface area contributed by atoms with Crippen molar-refractivity contribution < 1.29 is 4.79 Å². The van der Waals surface area contributed by atoms with Gasteiger partial charge in [0.2, 0.25) is 5.91 Å². The van der Waals surface area contributed by atoms with E-state index in [0.29, 0.717) is 24.9 Å². The number of aryl methyl sites for hydroxylation is 1. The summed E-state index contributed by atoms with van der Waals surface area (Å²) in [4.78, 5) is 16.0. The molecule has 1 N–H and O–H groups in total. The molecule has 0 saturated heterocycles. The summed E-state index contributed by atoms with van der Waals surface area (Å²) in [5.41, 5.74) is 0.254. The van der Waals surface area contributed by atoms with Crippen LogP contribution >= 0.6 is 0 Å². The molecule has 1 aromatic rings. The van der Waals surface area contributed by atoms with Crippen molar-refractivity contribution in [3.8, 4) is 0 Å². The van der Waals surface area contributed by atoms with Gasteiger partial charge in [-0.3, -0.25) is 9.48 Å². The van der Waals surface area contributed by atoms with Crippen LogP contribution in [-0.2, 0) is 11.3 Å². The van der Waals surface area contributed by atoms with E-state index >= 15 is 0 Å². The summed E-state index contributed by atoms with van der Waals surface area (Å²) < 4.78 is 1.70. The van der Waals surface area contributed by atoms with E-state index in [1.807, 2.05) is 0 Å². The van der Waals surface area contributed by atoms with Crippen LogP contribution in [0.25, 0.3) is 0 Å². The van der Waals surface area contributed by atoms with E-state index in [-0.39, 0.29) is 11.3 Å². The fourth-order valence-corrected chi connectivity index (χ4v) is 3.18. The Kier molecular flexibility index (Phi) is 4.78. The van der Waals surface area contributed by atoms with E-state index in [0.717, 1.165) is 6.42 Å². The van der Waals surface area contributed by atoms with E-state index in [1.165, 1.54) is 25.6 Å². The summed E-state index contributed by atoms with van der Waals surface area (Å²) in [6.07, 6.45) is 8.44. The van der Waals surface area contributed by atoms with E-state index in [4.69, 9.17) is 0 Å². The molecule has 1 amide bonds. The molecule has 2 atom stereocenters. The predicted octanol–water partition coefficient (Wildman–Crippen LogP) is 2.39. The molecule has 2 rings (SSSR count). The lowest BCUT2D eigenvalue weighted by Gasteiger charge is -2.40. The Bertz CT molecular complexity index is 422. The van der Waals surface area contributed by atoms with Gasteiger partial charge in [0, 0.05) is 12.5 Å². The highest BCUT2D eigenvalue weighted by molar-refractivity contribution is 5.76. The average Bonchev–Trinajstić information content (AvgIpc) is 2.89. The molecule has 20 heavy (non-hydrogen) atoms. The van der Waals surface area contributed by atoms with E-state index in [1.54, 1.807) is 11.0 Å². The number of carbonyl (C=O) groups is 1. The SMILES string of the molecule is CC(C)(C)C1CCCCC1NC(=O)CCn1cncn1. The monoisotopic (exact) mass is 278 g/mol. The van der Waals surface area contributed by atoms with Crippen LogP contribution in [0.3, 0.4) is 0 Å². The van der Waals surface area contributed by atoms with Gasteiger partial charge in [-0.15, -0.1) is 0 Å². The minimum absolute atomic E-state index is 0.127. The zero-order valence-corrected chi connectivity index (χ0v) is 12.8. The largest absolute Gasteiger partial charge is 0.353 e. The first-order valence-electron chi connectivity index (χ1n) is 7.58. The van der Waals surface area contributed by atoms with Gasteiger partial charge in [-0.25, -0.2) is 4.98 Å². The topological polar surface area (TPSA) is 59.8 Å². The Balaban J connectivity index is 1.85. The van der Waals surface area contributed by atoms with Crippen LogP contribution in [0.5, 0.6) is 0 Å². The van der Waals surface area contributed by atoms with Crippen LogP contribution in [0, 0.1) is 11.3 Å². The highest BCUT2D eigenvalue weighted by Gasteiger charge is 2.34. The molecular weight excluding hydrogens is 252 g/mol. The van der Waals surface area contributed by atoms with Gasteiger partial charge in [-0.05, 0) is 24.2 Å². The molecular formula is C15H26N4O. The summed E-state index contributed by atoms with van der Waals surface area (Å²) >= 11 is 0. The van der Waals surface area contributed by atoms with Crippen molar-refractivity contribution in [2.75, 3.05) is 0 Å². The first kappa shape index (κ1) is 15.0. The normalized spacial score (nSPS) is 23.6. The predicted molar refractivity (Wildman–Crippen MR) is 78.0 cm³/mol. The van der Waals surface area contributed by atoms with Gasteiger partial charge in [0.25, 0.3) is 0 Å². The maximum atomic E-state index is 12.1. The first-order valence-corrected chi connectivity index (χ1v) is 7.58. The smallest absolute Gasteiger partial charge is 0.222 e. The van der Waals surface area contributed by atoms with Gasteiger partial charge in [0.1, 0.15) is 12.7 Å². The standard InChI is InChI=1S/C15H26N4O/c1-15(2,3)12-6-4-5-7-13(12)18-14(20)8-9-19-11-16-10-17-19/h10-13H,4-9H2,1-3H3,(H,18,20).